The van der Waals surface area contributed by atoms with Gasteiger partial charge in [-0.3, -0.25) is 9.48 Å². The molecular weight excluding hydrogens is 417 g/mol. The van der Waals surface area contributed by atoms with Crippen LogP contribution in [0.15, 0.2) is 54.7 Å². The molecule has 6 nitrogen and oxygen atoms in total. The van der Waals surface area contributed by atoms with E-state index in [1.54, 1.807) is 10.7 Å². The number of unbranched alkanes of at least 4 members (excludes halogenated alkanes) is 3. The summed E-state index contributed by atoms with van der Waals surface area (Å²) in [5.74, 6) is -0.540. The number of hydrogen-bond donors (Lipinski definition) is 2. The van der Waals surface area contributed by atoms with Gasteiger partial charge in [0.15, 0.2) is 0 Å². The fourth-order valence-electron chi connectivity index (χ4n) is 3.76. The highest BCUT2D eigenvalue weighted by Crippen LogP contribution is 2.29. The third kappa shape index (κ3) is 6.07. The second-order valence-corrected chi connectivity index (χ2v) is 7.75. The molecule has 0 aliphatic rings. The van der Waals surface area contributed by atoms with Gasteiger partial charge in [-0.2, -0.15) is 10.4 Å². The van der Waals surface area contributed by atoms with Gasteiger partial charge in [-0.05, 0) is 54.7 Å². The highest BCUT2D eigenvalue weighted by molar-refractivity contribution is 5.96. The van der Waals surface area contributed by atoms with Crippen LogP contribution >= 0.6 is 0 Å². The first-order chi connectivity index (χ1) is 16.1. The van der Waals surface area contributed by atoms with E-state index in [4.69, 9.17) is 5.26 Å². The van der Waals surface area contributed by atoms with E-state index in [0.717, 1.165) is 59.8 Å². The molecule has 170 valence electrons. The second kappa shape index (κ2) is 11.6. The van der Waals surface area contributed by atoms with E-state index < -0.39 is 5.82 Å². The van der Waals surface area contributed by atoms with Crippen LogP contribution in [0.4, 0.5) is 4.39 Å². The Kier molecular flexibility index (Phi) is 8.36. The molecule has 1 aromatic heterocycles. The molecule has 0 atom stereocenters. The van der Waals surface area contributed by atoms with Gasteiger partial charge in [0.25, 0.3) is 0 Å². The van der Waals surface area contributed by atoms with Crippen LogP contribution in [0.5, 0.6) is 0 Å². The molecule has 0 bridgehead atoms. The van der Waals surface area contributed by atoms with Crippen molar-refractivity contribution in [1.82, 2.24) is 20.4 Å². The number of aromatic nitrogens is 2. The fraction of sp³-hybridized carbons (Fsp3) is 0.269. The normalized spacial score (nSPS) is 11.9. The highest BCUT2D eigenvalue weighted by atomic mass is 19.1. The number of nitrogens with zero attached hydrogens (tertiary/aromatic N) is 3. The van der Waals surface area contributed by atoms with E-state index in [-0.39, 0.29) is 5.56 Å². The molecule has 2 N–H and O–H groups in total. The number of fused-ring (bicyclic) bond motifs is 1. The lowest BCUT2D eigenvalue weighted by Gasteiger charge is -2.14. The number of benzene rings is 2. The van der Waals surface area contributed by atoms with E-state index in [1.165, 1.54) is 12.1 Å². The number of carbonyl (C=O) groups excluding carboxylic acids is 1. The number of halogens is 1. The molecule has 33 heavy (non-hydrogen) atoms. The van der Waals surface area contributed by atoms with E-state index in [9.17, 15) is 9.18 Å². The first-order valence-electron chi connectivity index (χ1n) is 11.0. The van der Waals surface area contributed by atoms with Gasteiger partial charge in [0.05, 0.1) is 11.1 Å². The minimum absolute atomic E-state index is 0.0220. The van der Waals surface area contributed by atoms with Crippen molar-refractivity contribution in [2.45, 2.75) is 25.7 Å². The van der Waals surface area contributed by atoms with Crippen LogP contribution in [-0.2, 0) is 11.8 Å². The molecule has 0 aliphatic heterocycles. The predicted octanol–water partition coefficient (Wildman–Crippen LogP) is 4.53. The van der Waals surface area contributed by atoms with Crippen LogP contribution in [-0.4, -0.2) is 29.8 Å². The van der Waals surface area contributed by atoms with Gasteiger partial charge in [-0.1, -0.05) is 30.7 Å². The highest BCUT2D eigenvalue weighted by Gasteiger charge is 2.12. The predicted molar refractivity (Wildman–Crippen MR) is 129 cm³/mol. The fourth-order valence-corrected chi connectivity index (χ4v) is 3.76. The molecule has 0 aliphatic carbocycles. The van der Waals surface area contributed by atoms with E-state index in [0.29, 0.717) is 12.1 Å². The topological polar surface area (TPSA) is 82.7 Å². The van der Waals surface area contributed by atoms with Crippen molar-refractivity contribution in [1.29, 1.82) is 5.26 Å². The number of amides is 1. The van der Waals surface area contributed by atoms with Crippen molar-refractivity contribution < 1.29 is 9.18 Å². The Morgan fingerprint density at radius 2 is 2.00 bits per heavy atom. The van der Waals surface area contributed by atoms with Gasteiger partial charge in [0, 0.05) is 43.5 Å². The number of nitriles is 1. The molecule has 3 rings (SSSR count). The summed E-state index contributed by atoms with van der Waals surface area (Å²) in [6.07, 6.45) is 10.6. The molecule has 1 amide bonds. The number of rotatable bonds is 11. The Morgan fingerprint density at radius 1 is 1.18 bits per heavy atom. The SMILES string of the molecule is CN/C(=C(\C=C\CCCCCNC=O)c1ccc(C#N)c(F)c1)c1ccc2nn(C)cc2c1. The van der Waals surface area contributed by atoms with Crippen molar-refractivity contribution in [2.24, 2.45) is 7.05 Å². The average Bonchev–Trinajstić information content (AvgIpc) is 3.19. The van der Waals surface area contributed by atoms with Gasteiger partial charge < -0.3 is 10.6 Å². The summed E-state index contributed by atoms with van der Waals surface area (Å²) in [5.41, 5.74) is 4.27. The molecule has 0 spiro atoms. The zero-order valence-electron chi connectivity index (χ0n) is 18.9. The van der Waals surface area contributed by atoms with Crippen LogP contribution < -0.4 is 10.6 Å². The van der Waals surface area contributed by atoms with Gasteiger partial charge in [-0.25, -0.2) is 4.39 Å². The van der Waals surface area contributed by atoms with Crippen LogP contribution in [0, 0.1) is 17.1 Å². The standard InChI is InChI=1S/C26H28FN5O/c1-29-26(20-11-12-25-22(14-20)17-32(2)31-25)23(8-6-4-3-5-7-13-30-18-33)19-9-10-21(16-28)24(27)15-19/h6,8-12,14-15,17-18,29H,3-5,7,13H2,1-2H3,(H,30,33)/b8-6+,26-23+. The molecule has 2 aromatic carbocycles. The molecule has 0 saturated heterocycles. The molecule has 0 saturated carbocycles. The van der Waals surface area contributed by atoms with Crippen molar-refractivity contribution in [3.8, 4) is 6.07 Å². The summed E-state index contributed by atoms with van der Waals surface area (Å²) in [6, 6.07) is 12.6. The van der Waals surface area contributed by atoms with Gasteiger partial charge >= 0.3 is 0 Å². The summed E-state index contributed by atoms with van der Waals surface area (Å²) in [4.78, 5) is 10.3. The number of aryl methyl sites for hydroxylation is 1. The third-order valence-electron chi connectivity index (χ3n) is 5.39. The minimum Gasteiger partial charge on any atom is -0.387 e. The molecule has 0 unspecified atom stereocenters. The van der Waals surface area contributed by atoms with E-state index >= 15 is 0 Å². The summed E-state index contributed by atoms with van der Waals surface area (Å²) in [7, 11) is 3.73. The Balaban J connectivity index is 1.95. The lowest BCUT2D eigenvalue weighted by atomic mass is 9.96. The van der Waals surface area contributed by atoms with Gasteiger partial charge in [0.1, 0.15) is 11.9 Å². The Hall–Kier alpha value is -3.92. The first kappa shape index (κ1) is 23.7. The number of nitrogens with one attached hydrogen (secondary N) is 2. The summed E-state index contributed by atoms with van der Waals surface area (Å²) < 4.78 is 16.2. The van der Waals surface area contributed by atoms with Gasteiger partial charge in [-0.15, -0.1) is 0 Å². The molecule has 1 heterocycles. The Bertz CT molecular complexity index is 1220. The van der Waals surface area contributed by atoms with Crippen molar-refractivity contribution in [3.63, 3.8) is 0 Å². The second-order valence-electron chi connectivity index (χ2n) is 7.75. The largest absolute Gasteiger partial charge is 0.387 e. The maximum absolute atomic E-state index is 14.5. The molecule has 3 aromatic rings. The lowest BCUT2D eigenvalue weighted by molar-refractivity contribution is -0.109. The lowest BCUT2D eigenvalue weighted by Crippen LogP contribution is -2.11. The summed E-state index contributed by atoms with van der Waals surface area (Å²) in [6.45, 7) is 0.684. The third-order valence-corrected chi connectivity index (χ3v) is 5.39. The first-order valence-corrected chi connectivity index (χ1v) is 11.0. The van der Waals surface area contributed by atoms with E-state index in [2.05, 4.69) is 27.9 Å². The Labute approximate surface area is 193 Å². The molecule has 7 heteroatoms. The van der Waals surface area contributed by atoms with Crippen molar-refractivity contribution in [2.75, 3.05) is 13.6 Å². The molecule has 0 fully saturated rings. The average molecular weight is 446 g/mol. The van der Waals surface area contributed by atoms with Crippen molar-refractivity contribution in [3.05, 3.63) is 77.3 Å². The maximum atomic E-state index is 14.5. The van der Waals surface area contributed by atoms with Crippen LogP contribution in [0.1, 0.15) is 42.4 Å². The quantitative estimate of drug-likeness (QED) is 0.197. The summed E-state index contributed by atoms with van der Waals surface area (Å²) in [5, 5.41) is 20.5. The zero-order chi connectivity index (χ0) is 23.6. The van der Waals surface area contributed by atoms with Gasteiger partial charge in [0.2, 0.25) is 6.41 Å². The molecule has 0 radical (unpaired) electrons. The van der Waals surface area contributed by atoms with Crippen LogP contribution in [0.2, 0.25) is 0 Å². The monoisotopic (exact) mass is 445 g/mol. The summed E-state index contributed by atoms with van der Waals surface area (Å²) >= 11 is 0. The smallest absolute Gasteiger partial charge is 0.207 e. The van der Waals surface area contributed by atoms with Crippen LogP contribution in [0.25, 0.3) is 22.2 Å². The number of carbonyl (C=O) groups is 1. The van der Waals surface area contributed by atoms with Crippen LogP contribution in [0.3, 0.4) is 0 Å². The van der Waals surface area contributed by atoms with E-state index in [1.807, 2.05) is 44.6 Å². The number of hydrogen-bond acceptors (Lipinski definition) is 4. The van der Waals surface area contributed by atoms with Crippen molar-refractivity contribution >= 4 is 28.6 Å². The number of allylic oxidation sites excluding steroid dienone is 3. The molecular formula is C26H28FN5O. The Morgan fingerprint density at radius 3 is 2.73 bits per heavy atom. The minimum atomic E-state index is -0.540. The zero-order valence-corrected chi connectivity index (χ0v) is 18.9. The maximum Gasteiger partial charge on any atom is 0.207 e.